The van der Waals surface area contributed by atoms with Gasteiger partial charge in [-0.2, -0.15) is 0 Å². The molecular weight excluding hydrogens is 326 g/mol. The van der Waals surface area contributed by atoms with Gasteiger partial charge in [-0.05, 0) is 54.5 Å². The quantitative estimate of drug-likeness (QED) is 0.787. The third-order valence-electron chi connectivity index (χ3n) is 5.21. The number of rotatable bonds is 6. The van der Waals surface area contributed by atoms with Crippen molar-refractivity contribution in [3.8, 4) is 11.5 Å². The second kappa shape index (κ2) is 8.75. The maximum Gasteiger partial charge on any atom is 0.222 e. The molecule has 0 aliphatic carbocycles. The van der Waals surface area contributed by atoms with Gasteiger partial charge in [0.2, 0.25) is 5.91 Å². The molecule has 0 saturated carbocycles. The van der Waals surface area contributed by atoms with E-state index in [9.17, 15) is 4.79 Å². The fraction of sp³-hybridized carbons (Fsp3) is 0.409. The van der Waals surface area contributed by atoms with E-state index in [2.05, 4.69) is 30.3 Å². The molecule has 138 valence electrons. The third kappa shape index (κ3) is 4.37. The molecule has 4 heteroatoms. The Kier molecular flexibility index (Phi) is 6.16. The van der Waals surface area contributed by atoms with Crippen LogP contribution in [0.15, 0.2) is 48.5 Å². The van der Waals surface area contributed by atoms with Crippen molar-refractivity contribution >= 4 is 5.91 Å². The predicted octanol–water partition coefficient (Wildman–Crippen LogP) is 4.04. The highest BCUT2D eigenvalue weighted by molar-refractivity contribution is 5.76. The van der Waals surface area contributed by atoms with Crippen LogP contribution in [0.25, 0.3) is 0 Å². The second-order valence-corrected chi connectivity index (χ2v) is 6.74. The molecule has 3 rings (SSSR count). The number of nitrogens with zero attached hydrogens (tertiary/aromatic N) is 1. The molecule has 0 unspecified atom stereocenters. The van der Waals surface area contributed by atoms with Crippen LogP contribution in [0.5, 0.6) is 11.5 Å². The fourth-order valence-electron chi connectivity index (χ4n) is 3.66. The van der Waals surface area contributed by atoms with Gasteiger partial charge in [0.05, 0.1) is 14.2 Å². The molecule has 4 nitrogen and oxygen atoms in total. The smallest absolute Gasteiger partial charge is 0.222 e. The first-order valence-electron chi connectivity index (χ1n) is 9.25. The minimum Gasteiger partial charge on any atom is -0.497 e. The summed E-state index contributed by atoms with van der Waals surface area (Å²) in [5.74, 6) is 2.39. The minimum atomic E-state index is 0.224. The lowest BCUT2D eigenvalue weighted by molar-refractivity contribution is -0.132. The van der Waals surface area contributed by atoms with Crippen LogP contribution in [0.3, 0.4) is 0 Å². The normalized spacial score (nSPS) is 14.9. The summed E-state index contributed by atoms with van der Waals surface area (Å²) >= 11 is 0. The number of piperidine rings is 1. The number of hydrogen-bond acceptors (Lipinski definition) is 3. The van der Waals surface area contributed by atoms with Crippen molar-refractivity contribution in [2.24, 2.45) is 0 Å². The molecule has 1 aliphatic rings. The Hall–Kier alpha value is -2.49. The summed E-state index contributed by atoms with van der Waals surface area (Å²) < 4.78 is 10.7. The van der Waals surface area contributed by atoms with Crippen LogP contribution < -0.4 is 9.47 Å². The van der Waals surface area contributed by atoms with Crippen LogP contribution >= 0.6 is 0 Å². The topological polar surface area (TPSA) is 38.8 Å². The summed E-state index contributed by atoms with van der Waals surface area (Å²) in [6.07, 6.45) is 3.24. The number of aryl methyl sites for hydroxylation is 1. The number of amides is 1. The van der Waals surface area contributed by atoms with Gasteiger partial charge in [-0.25, -0.2) is 0 Å². The first-order chi connectivity index (χ1) is 12.7. The van der Waals surface area contributed by atoms with Gasteiger partial charge in [0.25, 0.3) is 0 Å². The number of hydrogen-bond donors (Lipinski definition) is 0. The second-order valence-electron chi connectivity index (χ2n) is 6.74. The van der Waals surface area contributed by atoms with E-state index in [1.807, 2.05) is 23.1 Å². The van der Waals surface area contributed by atoms with E-state index in [1.54, 1.807) is 14.2 Å². The van der Waals surface area contributed by atoms with Gasteiger partial charge in [0.1, 0.15) is 11.5 Å². The summed E-state index contributed by atoms with van der Waals surface area (Å²) in [4.78, 5) is 14.6. The van der Waals surface area contributed by atoms with E-state index < -0.39 is 0 Å². The zero-order valence-electron chi connectivity index (χ0n) is 15.6. The molecule has 2 aromatic carbocycles. The molecule has 1 saturated heterocycles. The number of benzene rings is 2. The van der Waals surface area contributed by atoms with Gasteiger partial charge in [-0.15, -0.1) is 0 Å². The van der Waals surface area contributed by atoms with Gasteiger partial charge in [-0.3, -0.25) is 4.79 Å². The van der Waals surface area contributed by atoms with Gasteiger partial charge in [-0.1, -0.05) is 30.3 Å². The molecule has 1 aliphatic heterocycles. The first kappa shape index (κ1) is 18.3. The number of carbonyl (C=O) groups excluding carboxylic acids is 1. The average molecular weight is 353 g/mol. The molecule has 0 bridgehead atoms. The highest BCUT2D eigenvalue weighted by Crippen LogP contribution is 2.29. The molecule has 0 radical (unpaired) electrons. The Bertz CT molecular complexity index is 721. The Morgan fingerprint density at radius 3 is 2.42 bits per heavy atom. The van der Waals surface area contributed by atoms with Crippen LogP contribution in [0.4, 0.5) is 0 Å². The van der Waals surface area contributed by atoms with Crippen molar-refractivity contribution in [3.63, 3.8) is 0 Å². The van der Waals surface area contributed by atoms with Crippen LogP contribution in [0.2, 0.25) is 0 Å². The molecule has 0 N–H and O–H groups in total. The Labute approximate surface area is 155 Å². The number of likely N-dealkylation sites (tertiary alicyclic amines) is 1. The van der Waals surface area contributed by atoms with Crippen molar-refractivity contribution in [1.82, 2.24) is 4.90 Å². The molecule has 1 amide bonds. The van der Waals surface area contributed by atoms with Crippen molar-refractivity contribution in [3.05, 3.63) is 59.7 Å². The molecule has 0 atom stereocenters. The van der Waals surface area contributed by atoms with E-state index in [4.69, 9.17) is 9.47 Å². The average Bonchev–Trinajstić information content (AvgIpc) is 2.72. The Balaban J connectivity index is 1.53. The van der Waals surface area contributed by atoms with Gasteiger partial charge in [0, 0.05) is 19.5 Å². The molecule has 0 aromatic heterocycles. The van der Waals surface area contributed by atoms with Crippen molar-refractivity contribution in [2.75, 3.05) is 27.3 Å². The number of methoxy groups -OCH3 is 2. The highest BCUT2D eigenvalue weighted by Gasteiger charge is 2.23. The monoisotopic (exact) mass is 353 g/mol. The fourth-order valence-corrected chi connectivity index (χ4v) is 3.66. The SMILES string of the molecule is COc1ccc(OC)c(CCC(=O)N2CCC(c3ccccc3)CC2)c1. The van der Waals surface area contributed by atoms with Gasteiger partial charge >= 0.3 is 0 Å². The lowest BCUT2D eigenvalue weighted by atomic mass is 9.89. The third-order valence-corrected chi connectivity index (χ3v) is 5.21. The maximum atomic E-state index is 12.6. The summed E-state index contributed by atoms with van der Waals surface area (Å²) in [5, 5.41) is 0. The van der Waals surface area contributed by atoms with Crippen LogP contribution in [0, 0.1) is 0 Å². The molecule has 1 fully saturated rings. The summed E-state index contributed by atoms with van der Waals surface area (Å²) in [5.41, 5.74) is 2.40. The first-order valence-corrected chi connectivity index (χ1v) is 9.25. The van der Waals surface area contributed by atoms with Gasteiger partial charge in [0.15, 0.2) is 0 Å². The zero-order chi connectivity index (χ0) is 18.4. The Morgan fingerprint density at radius 1 is 1.04 bits per heavy atom. The molecule has 26 heavy (non-hydrogen) atoms. The lowest BCUT2D eigenvalue weighted by Gasteiger charge is -2.32. The van der Waals surface area contributed by atoms with Crippen LogP contribution in [-0.4, -0.2) is 38.1 Å². The molecule has 2 aromatic rings. The lowest BCUT2D eigenvalue weighted by Crippen LogP contribution is -2.38. The Morgan fingerprint density at radius 2 is 1.77 bits per heavy atom. The van der Waals surface area contributed by atoms with E-state index >= 15 is 0 Å². The van der Waals surface area contributed by atoms with Crippen molar-refractivity contribution in [2.45, 2.75) is 31.6 Å². The van der Waals surface area contributed by atoms with Crippen molar-refractivity contribution in [1.29, 1.82) is 0 Å². The summed E-state index contributed by atoms with van der Waals surface area (Å²) in [6.45, 7) is 1.68. The van der Waals surface area contributed by atoms with Crippen molar-refractivity contribution < 1.29 is 14.3 Å². The standard InChI is InChI=1S/C22H27NO3/c1-25-20-9-10-21(26-2)19(16-20)8-11-22(24)23-14-12-18(13-15-23)17-6-4-3-5-7-17/h3-7,9-10,16,18H,8,11-15H2,1-2H3. The van der Waals surface area contributed by atoms with E-state index in [-0.39, 0.29) is 5.91 Å². The summed E-state index contributed by atoms with van der Waals surface area (Å²) in [6, 6.07) is 16.3. The van der Waals surface area contributed by atoms with E-state index in [1.165, 1.54) is 5.56 Å². The summed E-state index contributed by atoms with van der Waals surface area (Å²) in [7, 11) is 3.30. The van der Waals surface area contributed by atoms with Crippen LogP contribution in [0.1, 0.15) is 36.3 Å². The number of ether oxygens (including phenoxy) is 2. The zero-order valence-corrected chi connectivity index (χ0v) is 15.6. The highest BCUT2D eigenvalue weighted by atomic mass is 16.5. The van der Waals surface area contributed by atoms with Crippen LogP contribution in [-0.2, 0) is 11.2 Å². The molecule has 0 spiro atoms. The van der Waals surface area contributed by atoms with E-state index in [0.717, 1.165) is 43.0 Å². The number of carbonyl (C=O) groups is 1. The van der Waals surface area contributed by atoms with E-state index in [0.29, 0.717) is 18.8 Å². The molecule has 1 heterocycles. The predicted molar refractivity (Wildman–Crippen MR) is 103 cm³/mol. The van der Waals surface area contributed by atoms with Gasteiger partial charge < -0.3 is 14.4 Å². The minimum absolute atomic E-state index is 0.224. The largest absolute Gasteiger partial charge is 0.497 e. The maximum absolute atomic E-state index is 12.6. The molecular formula is C22H27NO3.